The number of hydrogen-bond donors (Lipinski definition) is 2. The predicted molar refractivity (Wildman–Crippen MR) is 61.2 cm³/mol. The van der Waals surface area contributed by atoms with E-state index in [1.54, 1.807) is 0 Å². The van der Waals surface area contributed by atoms with Crippen LogP contribution in [0.1, 0.15) is 20.3 Å². The summed E-state index contributed by atoms with van der Waals surface area (Å²) < 4.78 is 0. The smallest absolute Gasteiger partial charge is 0.336 e. The fourth-order valence-corrected chi connectivity index (χ4v) is 2.92. The standard InChI is InChI=1S/C10H19NO3S/c1-3-8-6-11(4-5-15-8)7-10(2,14)9(12)13/h8,14H,3-7H2,1-2H3,(H,12,13). The Morgan fingerprint density at radius 2 is 2.33 bits per heavy atom. The Kier molecular flexibility index (Phi) is 4.43. The van der Waals surface area contributed by atoms with E-state index in [0.717, 1.165) is 25.3 Å². The van der Waals surface area contributed by atoms with Gasteiger partial charge in [-0.25, -0.2) is 4.79 Å². The highest BCUT2D eigenvalue weighted by Gasteiger charge is 2.33. The van der Waals surface area contributed by atoms with E-state index in [2.05, 4.69) is 6.92 Å². The van der Waals surface area contributed by atoms with Gasteiger partial charge < -0.3 is 10.2 Å². The van der Waals surface area contributed by atoms with Gasteiger partial charge in [0, 0.05) is 30.6 Å². The summed E-state index contributed by atoms with van der Waals surface area (Å²) in [5.74, 6) is -0.123. The first-order valence-electron chi connectivity index (χ1n) is 5.25. The molecule has 0 aromatic heterocycles. The number of carbonyl (C=O) groups is 1. The molecule has 1 fully saturated rings. The van der Waals surface area contributed by atoms with Crippen LogP contribution in [0.25, 0.3) is 0 Å². The van der Waals surface area contributed by atoms with Crippen LogP contribution in [-0.2, 0) is 4.79 Å². The van der Waals surface area contributed by atoms with Crippen LogP contribution in [0, 0.1) is 0 Å². The SMILES string of the molecule is CCC1CN(CC(C)(O)C(=O)O)CCS1. The van der Waals surface area contributed by atoms with Crippen LogP contribution in [0.3, 0.4) is 0 Å². The van der Waals surface area contributed by atoms with Gasteiger partial charge in [-0.15, -0.1) is 0 Å². The minimum Gasteiger partial charge on any atom is -0.479 e. The van der Waals surface area contributed by atoms with Gasteiger partial charge in [0.2, 0.25) is 0 Å². The average Bonchev–Trinajstić information content (AvgIpc) is 2.17. The average molecular weight is 233 g/mol. The molecule has 0 saturated carbocycles. The van der Waals surface area contributed by atoms with Crippen LogP contribution < -0.4 is 0 Å². The van der Waals surface area contributed by atoms with Crippen molar-refractivity contribution in [3.8, 4) is 0 Å². The quantitative estimate of drug-likeness (QED) is 0.746. The Morgan fingerprint density at radius 3 is 2.87 bits per heavy atom. The van der Waals surface area contributed by atoms with Crippen molar-refractivity contribution in [3.05, 3.63) is 0 Å². The fraction of sp³-hybridized carbons (Fsp3) is 0.900. The molecule has 2 N–H and O–H groups in total. The van der Waals surface area contributed by atoms with Crippen molar-refractivity contribution in [1.29, 1.82) is 0 Å². The number of aliphatic hydroxyl groups is 1. The van der Waals surface area contributed by atoms with E-state index < -0.39 is 11.6 Å². The van der Waals surface area contributed by atoms with Crippen molar-refractivity contribution in [3.63, 3.8) is 0 Å². The summed E-state index contributed by atoms with van der Waals surface area (Å²) in [5, 5.41) is 19.0. The maximum Gasteiger partial charge on any atom is 0.336 e. The third kappa shape index (κ3) is 3.66. The van der Waals surface area contributed by atoms with Crippen molar-refractivity contribution in [2.45, 2.75) is 31.1 Å². The van der Waals surface area contributed by atoms with Crippen LogP contribution in [0.15, 0.2) is 0 Å². The molecule has 0 radical (unpaired) electrons. The minimum atomic E-state index is -1.62. The third-order valence-corrected chi connectivity index (χ3v) is 4.04. The first kappa shape index (κ1) is 12.8. The molecule has 4 nitrogen and oxygen atoms in total. The van der Waals surface area contributed by atoms with Crippen molar-refractivity contribution in [1.82, 2.24) is 4.90 Å². The van der Waals surface area contributed by atoms with Crippen molar-refractivity contribution >= 4 is 17.7 Å². The second-order valence-corrected chi connectivity index (χ2v) is 5.62. The van der Waals surface area contributed by atoms with E-state index in [0.29, 0.717) is 5.25 Å². The van der Waals surface area contributed by atoms with Gasteiger partial charge >= 0.3 is 5.97 Å². The number of nitrogens with zero attached hydrogens (tertiary/aromatic N) is 1. The molecule has 1 saturated heterocycles. The lowest BCUT2D eigenvalue weighted by molar-refractivity contribution is -0.158. The van der Waals surface area contributed by atoms with E-state index in [4.69, 9.17) is 5.11 Å². The van der Waals surface area contributed by atoms with Crippen molar-refractivity contribution < 1.29 is 15.0 Å². The van der Waals surface area contributed by atoms with E-state index >= 15 is 0 Å². The van der Waals surface area contributed by atoms with Gasteiger partial charge in [-0.05, 0) is 13.3 Å². The van der Waals surface area contributed by atoms with E-state index in [9.17, 15) is 9.90 Å². The second kappa shape index (κ2) is 5.18. The molecule has 1 aliphatic heterocycles. The Balaban J connectivity index is 2.47. The number of carboxylic acid groups (broad SMARTS) is 1. The molecular weight excluding hydrogens is 214 g/mol. The molecule has 1 heterocycles. The Hall–Kier alpha value is -0.260. The highest BCUT2D eigenvalue weighted by molar-refractivity contribution is 8.00. The summed E-state index contributed by atoms with van der Waals surface area (Å²) in [5.41, 5.74) is -1.62. The van der Waals surface area contributed by atoms with Gasteiger partial charge in [-0.2, -0.15) is 11.8 Å². The molecule has 0 aliphatic carbocycles. The molecule has 0 aromatic rings. The van der Waals surface area contributed by atoms with Crippen LogP contribution in [0.4, 0.5) is 0 Å². The first-order chi connectivity index (χ1) is 6.95. The van der Waals surface area contributed by atoms with Gasteiger partial charge in [-0.1, -0.05) is 6.92 Å². The summed E-state index contributed by atoms with van der Waals surface area (Å²) in [6.07, 6.45) is 1.09. The monoisotopic (exact) mass is 233 g/mol. The van der Waals surface area contributed by atoms with Crippen LogP contribution in [0.5, 0.6) is 0 Å². The summed E-state index contributed by atoms with van der Waals surface area (Å²) in [7, 11) is 0. The Labute approximate surface area is 94.7 Å². The summed E-state index contributed by atoms with van der Waals surface area (Å²) >= 11 is 1.93. The van der Waals surface area contributed by atoms with Crippen molar-refractivity contribution in [2.75, 3.05) is 25.4 Å². The van der Waals surface area contributed by atoms with Gasteiger partial charge in [0.1, 0.15) is 0 Å². The fourth-order valence-electron chi connectivity index (χ4n) is 1.67. The zero-order valence-electron chi connectivity index (χ0n) is 9.27. The summed E-state index contributed by atoms with van der Waals surface area (Å²) in [6.45, 7) is 5.46. The van der Waals surface area contributed by atoms with Crippen molar-refractivity contribution in [2.24, 2.45) is 0 Å². The highest BCUT2D eigenvalue weighted by atomic mass is 32.2. The lowest BCUT2D eigenvalue weighted by atomic mass is 10.1. The largest absolute Gasteiger partial charge is 0.479 e. The van der Waals surface area contributed by atoms with Gasteiger partial charge in [0.05, 0.1) is 0 Å². The minimum absolute atomic E-state index is 0.222. The second-order valence-electron chi connectivity index (χ2n) is 4.22. The maximum atomic E-state index is 10.8. The lowest BCUT2D eigenvalue weighted by Gasteiger charge is -2.35. The molecule has 2 unspecified atom stereocenters. The summed E-state index contributed by atoms with van der Waals surface area (Å²) in [6, 6.07) is 0. The van der Waals surface area contributed by atoms with Gasteiger partial charge in [-0.3, -0.25) is 4.90 Å². The number of aliphatic carboxylic acids is 1. The van der Waals surface area contributed by atoms with Gasteiger partial charge in [0.15, 0.2) is 5.60 Å². The molecule has 0 aromatic carbocycles. The molecule has 0 bridgehead atoms. The van der Waals surface area contributed by atoms with E-state index in [1.165, 1.54) is 6.92 Å². The first-order valence-corrected chi connectivity index (χ1v) is 6.30. The highest BCUT2D eigenvalue weighted by Crippen LogP contribution is 2.22. The van der Waals surface area contributed by atoms with E-state index in [1.807, 2.05) is 16.7 Å². The molecule has 0 amide bonds. The Morgan fingerprint density at radius 1 is 1.67 bits per heavy atom. The number of thioether (sulfide) groups is 1. The topological polar surface area (TPSA) is 60.8 Å². The summed E-state index contributed by atoms with van der Waals surface area (Å²) in [4.78, 5) is 12.8. The lowest BCUT2D eigenvalue weighted by Crippen LogP contribution is -2.50. The Bertz CT molecular complexity index is 233. The van der Waals surface area contributed by atoms with Crippen LogP contribution in [0.2, 0.25) is 0 Å². The zero-order valence-corrected chi connectivity index (χ0v) is 10.1. The molecular formula is C10H19NO3S. The van der Waals surface area contributed by atoms with E-state index in [-0.39, 0.29) is 6.54 Å². The molecule has 5 heteroatoms. The van der Waals surface area contributed by atoms with Gasteiger partial charge in [0.25, 0.3) is 0 Å². The molecule has 0 spiro atoms. The predicted octanol–water partition coefficient (Wildman–Crippen LogP) is 0.649. The van der Waals surface area contributed by atoms with Crippen LogP contribution >= 0.6 is 11.8 Å². The number of rotatable bonds is 4. The molecule has 2 atom stereocenters. The number of carboxylic acids is 1. The molecule has 15 heavy (non-hydrogen) atoms. The molecule has 88 valence electrons. The maximum absolute atomic E-state index is 10.8. The molecule has 1 rings (SSSR count). The third-order valence-electron chi connectivity index (χ3n) is 2.67. The van der Waals surface area contributed by atoms with Crippen LogP contribution in [-0.4, -0.2) is 57.3 Å². The molecule has 1 aliphatic rings. The number of hydrogen-bond acceptors (Lipinski definition) is 4. The zero-order chi connectivity index (χ0) is 11.5. The number of β-amino-alcohol motifs (C(OH)–C–C–N with tert-alkyl or cyclic N) is 1. The normalized spacial score (nSPS) is 27.3.